The lowest BCUT2D eigenvalue weighted by molar-refractivity contribution is 0.415. The minimum Gasteiger partial charge on any atom is -0.497 e. The van der Waals surface area contributed by atoms with Crippen LogP contribution >= 0.6 is 0 Å². The van der Waals surface area contributed by atoms with Crippen molar-refractivity contribution in [1.29, 1.82) is 0 Å². The van der Waals surface area contributed by atoms with Gasteiger partial charge in [-0.2, -0.15) is 4.98 Å². The maximum absolute atomic E-state index is 13.2. The summed E-state index contributed by atoms with van der Waals surface area (Å²) in [5, 5.41) is 7.12. The maximum Gasteiger partial charge on any atom is 0.246 e. The molecule has 0 aliphatic heterocycles. The predicted molar refractivity (Wildman–Crippen MR) is 77.6 cm³/mol. The zero-order valence-corrected chi connectivity index (χ0v) is 11.6. The molecular weight excluding hydrogens is 290 g/mol. The highest BCUT2D eigenvalue weighted by Gasteiger charge is 2.07. The Hall–Kier alpha value is -2.96. The molecule has 0 bridgehead atoms. The molecule has 0 saturated carbocycles. The van der Waals surface area contributed by atoms with Gasteiger partial charge in [0.2, 0.25) is 5.95 Å². The minimum absolute atomic E-state index is 0.253. The van der Waals surface area contributed by atoms with Crippen molar-refractivity contribution in [3.63, 3.8) is 0 Å². The smallest absolute Gasteiger partial charge is 0.246 e. The fourth-order valence-electron chi connectivity index (χ4n) is 1.95. The van der Waals surface area contributed by atoms with E-state index in [1.807, 2.05) is 18.2 Å². The van der Waals surface area contributed by atoms with Crippen molar-refractivity contribution in [3.05, 3.63) is 60.4 Å². The number of rotatable bonds is 4. The number of methoxy groups -OCH3 is 1. The Labute approximate surface area is 125 Å². The van der Waals surface area contributed by atoms with Crippen LogP contribution in [0.5, 0.6) is 5.75 Å². The SMILES string of the molecule is COc1cccc(Nc2ncn(-c3cc(F)cc(F)c3)n2)c1. The summed E-state index contributed by atoms with van der Waals surface area (Å²) in [6.45, 7) is 0. The van der Waals surface area contributed by atoms with Gasteiger partial charge >= 0.3 is 0 Å². The summed E-state index contributed by atoms with van der Waals surface area (Å²) in [4.78, 5) is 4.06. The molecule has 0 amide bonds. The standard InChI is InChI=1S/C15H12F2N4O/c1-22-14-4-2-3-12(8-14)19-15-18-9-21(20-15)13-6-10(16)5-11(17)7-13/h2-9H,1H3,(H,19,20). The van der Waals surface area contributed by atoms with Crippen LogP contribution in [0.3, 0.4) is 0 Å². The third kappa shape index (κ3) is 3.03. The molecule has 1 heterocycles. The quantitative estimate of drug-likeness (QED) is 0.803. The maximum atomic E-state index is 13.2. The number of hydrogen-bond acceptors (Lipinski definition) is 4. The lowest BCUT2D eigenvalue weighted by atomic mass is 10.3. The number of nitrogens with zero attached hydrogens (tertiary/aromatic N) is 3. The molecule has 0 spiro atoms. The fourth-order valence-corrected chi connectivity index (χ4v) is 1.95. The molecule has 2 aromatic carbocycles. The van der Waals surface area contributed by atoms with Gasteiger partial charge in [0.05, 0.1) is 12.8 Å². The molecule has 0 atom stereocenters. The molecule has 0 radical (unpaired) electrons. The summed E-state index contributed by atoms with van der Waals surface area (Å²) in [7, 11) is 1.57. The molecule has 7 heteroatoms. The Kier molecular flexibility index (Phi) is 3.69. The van der Waals surface area contributed by atoms with E-state index in [2.05, 4.69) is 15.4 Å². The van der Waals surface area contributed by atoms with E-state index in [1.165, 1.54) is 23.1 Å². The van der Waals surface area contributed by atoms with E-state index in [0.29, 0.717) is 11.7 Å². The van der Waals surface area contributed by atoms with Gasteiger partial charge in [0, 0.05) is 17.8 Å². The molecule has 3 rings (SSSR count). The summed E-state index contributed by atoms with van der Waals surface area (Å²) in [5.41, 5.74) is 0.992. The summed E-state index contributed by atoms with van der Waals surface area (Å²) in [6, 6.07) is 10.4. The van der Waals surface area contributed by atoms with Crippen LogP contribution in [0, 0.1) is 11.6 Å². The van der Waals surface area contributed by atoms with E-state index in [1.54, 1.807) is 13.2 Å². The average Bonchev–Trinajstić information content (AvgIpc) is 2.95. The second-order valence-electron chi connectivity index (χ2n) is 4.50. The number of aromatic nitrogens is 3. The van der Waals surface area contributed by atoms with Crippen LogP contribution in [0.25, 0.3) is 5.69 Å². The fraction of sp³-hybridized carbons (Fsp3) is 0.0667. The highest BCUT2D eigenvalue weighted by Crippen LogP contribution is 2.20. The van der Waals surface area contributed by atoms with E-state index < -0.39 is 11.6 Å². The number of nitrogens with one attached hydrogen (secondary N) is 1. The Balaban J connectivity index is 1.84. The molecule has 0 aliphatic carbocycles. The molecule has 0 aliphatic rings. The van der Waals surface area contributed by atoms with Gasteiger partial charge in [-0.3, -0.25) is 0 Å². The molecule has 0 fully saturated rings. The van der Waals surface area contributed by atoms with Gasteiger partial charge in [0.15, 0.2) is 0 Å². The molecule has 0 unspecified atom stereocenters. The van der Waals surface area contributed by atoms with Gasteiger partial charge in [-0.15, -0.1) is 5.10 Å². The van der Waals surface area contributed by atoms with E-state index in [0.717, 1.165) is 11.8 Å². The summed E-state index contributed by atoms with van der Waals surface area (Å²) in [6.07, 6.45) is 1.37. The van der Waals surface area contributed by atoms with Crippen LogP contribution in [0.1, 0.15) is 0 Å². The van der Waals surface area contributed by atoms with Crippen LogP contribution in [0.4, 0.5) is 20.4 Å². The summed E-state index contributed by atoms with van der Waals surface area (Å²) in [5.74, 6) is -0.352. The van der Waals surface area contributed by atoms with Crippen molar-refractivity contribution in [2.75, 3.05) is 12.4 Å². The lowest BCUT2D eigenvalue weighted by Gasteiger charge is -2.04. The zero-order valence-electron chi connectivity index (χ0n) is 11.6. The predicted octanol–water partition coefficient (Wildman–Crippen LogP) is 3.30. The van der Waals surface area contributed by atoms with E-state index in [-0.39, 0.29) is 5.69 Å². The van der Waals surface area contributed by atoms with Crippen molar-refractivity contribution in [3.8, 4) is 11.4 Å². The first-order chi connectivity index (χ1) is 10.6. The third-order valence-electron chi connectivity index (χ3n) is 2.93. The Morgan fingerprint density at radius 1 is 1.09 bits per heavy atom. The minimum atomic E-state index is -0.673. The molecule has 1 aromatic heterocycles. The van der Waals surface area contributed by atoms with Crippen LogP contribution in [0.2, 0.25) is 0 Å². The molecule has 112 valence electrons. The number of halogens is 2. The normalized spacial score (nSPS) is 10.5. The van der Waals surface area contributed by atoms with Crippen LogP contribution < -0.4 is 10.1 Å². The summed E-state index contributed by atoms with van der Waals surface area (Å²) < 4.78 is 32.8. The lowest BCUT2D eigenvalue weighted by Crippen LogP contribution is -1.98. The van der Waals surface area contributed by atoms with Gasteiger partial charge < -0.3 is 10.1 Å². The second kappa shape index (κ2) is 5.80. The molecule has 0 saturated heterocycles. The van der Waals surface area contributed by atoms with Crippen molar-refractivity contribution >= 4 is 11.6 Å². The van der Waals surface area contributed by atoms with Gasteiger partial charge in [0.25, 0.3) is 0 Å². The number of hydrogen-bond donors (Lipinski definition) is 1. The molecule has 1 N–H and O–H groups in total. The zero-order chi connectivity index (χ0) is 15.5. The van der Waals surface area contributed by atoms with Crippen LogP contribution in [-0.2, 0) is 0 Å². The topological polar surface area (TPSA) is 52.0 Å². The molecule has 5 nitrogen and oxygen atoms in total. The van der Waals surface area contributed by atoms with Gasteiger partial charge in [-0.1, -0.05) is 6.07 Å². The van der Waals surface area contributed by atoms with E-state index in [9.17, 15) is 8.78 Å². The monoisotopic (exact) mass is 302 g/mol. The second-order valence-corrected chi connectivity index (χ2v) is 4.50. The largest absolute Gasteiger partial charge is 0.497 e. The molecule has 22 heavy (non-hydrogen) atoms. The van der Waals surface area contributed by atoms with Crippen molar-refractivity contribution in [2.45, 2.75) is 0 Å². The van der Waals surface area contributed by atoms with Crippen molar-refractivity contribution in [1.82, 2.24) is 14.8 Å². The van der Waals surface area contributed by atoms with E-state index in [4.69, 9.17) is 4.74 Å². The first-order valence-corrected chi connectivity index (χ1v) is 6.43. The highest BCUT2D eigenvalue weighted by atomic mass is 19.1. The van der Waals surface area contributed by atoms with Gasteiger partial charge in [-0.25, -0.2) is 13.5 Å². The first kappa shape index (κ1) is 14.0. The summed E-state index contributed by atoms with van der Waals surface area (Å²) >= 11 is 0. The van der Waals surface area contributed by atoms with E-state index >= 15 is 0 Å². The van der Waals surface area contributed by atoms with Crippen molar-refractivity contribution in [2.24, 2.45) is 0 Å². The van der Waals surface area contributed by atoms with Crippen LogP contribution in [-0.4, -0.2) is 21.9 Å². The number of anilines is 2. The van der Waals surface area contributed by atoms with Crippen molar-refractivity contribution < 1.29 is 13.5 Å². The third-order valence-corrected chi connectivity index (χ3v) is 2.93. The van der Waals surface area contributed by atoms with Crippen LogP contribution in [0.15, 0.2) is 48.8 Å². The number of ether oxygens (including phenoxy) is 1. The van der Waals surface area contributed by atoms with Gasteiger partial charge in [-0.05, 0) is 24.3 Å². The number of benzene rings is 2. The molecular formula is C15H12F2N4O. The Bertz CT molecular complexity index is 783. The molecule has 3 aromatic rings. The Morgan fingerprint density at radius 2 is 1.86 bits per heavy atom. The first-order valence-electron chi connectivity index (χ1n) is 6.43. The Morgan fingerprint density at radius 3 is 2.59 bits per heavy atom. The average molecular weight is 302 g/mol. The highest BCUT2D eigenvalue weighted by molar-refractivity contribution is 5.55. The van der Waals surface area contributed by atoms with Gasteiger partial charge in [0.1, 0.15) is 23.7 Å².